The van der Waals surface area contributed by atoms with E-state index in [0.29, 0.717) is 18.7 Å². The first-order valence-corrected chi connectivity index (χ1v) is 9.66. The van der Waals surface area contributed by atoms with E-state index in [-0.39, 0.29) is 11.9 Å². The van der Waals surface area contributed by atoms with Crippen molar-refractivity contribution >= 4 is 10.0 Å². The van der Waals surface area contributed by atoms with Gasteiger partial charge in [0.15, 0.2) is 5.82 Å². The number of aromatic nitrogens is 1. The van der Waals surface area contributed by atoms with E-state index in [2.05, 4.69) is 14.6 Å². The minimum atomic E-state index is -3.17. The van der Waals surface area contributed by atoms with Crippen LogP contribution in [0.25, 0.3) is 0 Å². The van der Waals surface area contributed by atoms with Gasteiger partial charge in [-0.15, -0.1) is 0 Å². The first-order valence-electron chi connectivity index (χ1n) is 7.77. The molecule has 6 nitrogen and oxygen atoms in total. The summed E-state index contributed by atoms with van der Waals surface area (Å²) in [5, 5.41) is 0. The van der Waals surface area contributed by atoms with Crippen LogP contribution < -0.4 is 9.46 Å². The van der Waals surface area contributed by atoms with Crippen LogP contribution in [0.5, 0.6) is 5.88 Å². The lowest BCUT2D eigenvalue weighted by Crippen LogP contribution is -2.41. The summed E-state index contributed by atoms with van der Waals surface area (Å²) in [5.74, 6) is -0.414. The van der Waals surface area contributed by atoms with Crippen molar-refractivity contribution in [3.63, 3.8) is 0 Å². The Kier molecular flexibility index (Phi) is 6.32. The lowest BCUT2D eigenvalue weighted by molar-refractivity contribution is 0.131. The maximum absolute atomic E-state index is 14.3. The predicted molar refractivity (Wildman–Crippen MR) is 86.3 cm³/mol. The first-order chi connectivity index (χ1) is 10.9. The van der Waals surface area contributed by atoms with Gasteiger partial charge in [-0.25, -0.2) is 22.5 Å². The second kappa shape index (κ2) is 8.03. The molecule has 1 atom stereocenters. The van der Waals surface area contributed by atoms with Crippen LogP contribution in [0.2, 0.25) is 0 Å². The number of ether oxygens (including phenoxy) is 1. The fourth-order valence-electron chi connectivity index (χ4n) is 2.95. The molecule has 1 aliphatic heterocycles. The van der Waals surface area contributed by atoms with Crippen LogP contribution in [-0.4, -0.2) is 50.8 Å². The second-order valence-corrected chi connectivity index (χ2v) is 7.70. The van der Waals surface area contributed by atoms with E-state index in [0.717, 1.165) is 38.5 Å². The Morgan fingerprint density at radius 2 is 2.26 bits per heavy atom. The van der Waals surface area contributed by atoms with Crippen molar-refractivity contribution in [1.82, 2.24) is 14.6 Å². The van der Waals surface area contributed by atoms with Crippen LogP contribution in [0.4, 0.5) is 4.39 Å². The molecule has 1 N–H and O–H groups in total. The Bertz CT molecular complexity index is 624. The predicted octanol–water partition coefficient (Wildman–Crippen LogP) is 1.52. The second-order valence-electron chi connectivity index (χ2n) is 5.87. The van der Waals surface area contributed by atoms with Gasteiger partial charge in [-0.2, -0.15) is 0 Å². The standard InChI is InChI=1S/C15H24FN3O3S/c1-22-15-14(16)12(6-8-17-15)11-19-10-4-3-5-13(19)7-9-18-23(2,20)21/h6,8,13,18H,3-5,7,9-11H2,1-2H3. The zero-order valence-corrected chi connectivity index (χ0v) is 14.4. The monoisotopic (exact) mass is 345 g/mol. The summed E-state index contributed by atoms with van der Waals surface area (Å²) in [6.07, 6.45) is 6.60. The van der Waals surface area contributed by atoms with Gasteiger partial charge in [0, 0.05) is 30.9 Å². The molecule has 0 spiro atoms. The van der Waals surface area contributed by atoms with Gasteiger partial charge in [0.25, 0.3) is 0 Å². The Morgan fingerprint density at radius 1 is 1.48 bits per heavy atom. The molecule has 8 heteroatoms. The minimum absolute atomic E-state index is 0.00908. The quantitative estimate of drug-likeness (QED) is 0.811. The average Bonchev–Trinajstić information content (AvgIpc) is 2.50. The number of hydrogen-bond acceptors (Lipinski definition) is 5. The number of hydrogen-bond donors (Lipinski definition) is 1. The summed E-state index contributed by atoms with van der Waals surface area (Å²) >= 11 is 0. The third-order valence-corrected chi connectivity index (χ3v) is 4.82. The van der Waals surface area contributed by atoms with E-state index >= 15 is 0 Å². The SMILES string of the molecule is COc1nccc(CN2CCCCC2CCNS(C)(=O)=O)c1F. The number of sulfonamides is 1. The van der Waals surface area contributed by atoms with E-state index in [1.165, 1.54) is 7.11 Å². The van der Waals surface area contributed by atoms with Crippen molar-refractivity contribution in [1.29, 1.82) is 0 Å². The largest absolute Gasteiger partial charge is 0.479 e. The van der Waals surface area contributed by atoms with Crippen molar-refractivity contribution in [3.8, 4) is 5.88 Å². The summed E-state index contributed by atoms with van der Waals surface area (Å²) in [7, 11) is -1.77. The highest BCUT2D eigenvalue weighted by molar-refractivity contribution is 7.88. The van der Waals surface area contributed by atoms with E-state index in [9.17, 15) is 12.8 Å². The minimum Gasteiger partial charge on any atom is -0.479 e. The molecule has 2 heterocycles. The molecule has 0 radical (unpaired) electrons. The smallest absolute Gasteiger partial charge is 0.250 e. The molecule has 0 amide bonds. The normalized spacial score (nSPS) is 19.7. The van der Waals surface area contributed by atoms with E-state index in [4.69, 9.17) is 4.74 Å². The highest BCUT2D eigenvalue weighted by Gasteiger charge is 2.24. The summed E-state index contributed by atoms with van der Waals surface area (Å²) in [5.41, 5.74) is 0.555. The van der Waals surface area contributed by atoms with Crippen LogP contribution in [0.3, 0.4) is 0 Å². The molecule has 0 saturated carbocycles. The third kappa shape index (κ3) is 5.40. The molecule has 1 saturated heterocycles. The number of pyridine rings is 1. The van der Waals surface area contributed by atoms with Gasteiger partial charge in [0.05, 0.1) is 13.4 Å². The molecule has 1 aromatic rings. The zero-order chi connectivity index (χ0) is 16.9. The van der Waals surface area contributed by atoms with Crippen molar-refractivity contribution in [2.75, 3.05) is 26.5 Å². The van der Waals surface area contributed by atoms with Crippen molar-refractivity contribution in [2.45, 2.75) is 38.3 Å². The van der Waals surface area contributed by atoms with Gasteiger partial charge in [-0.05, 0) is 31.9 Å². The number of piperidine rings is 1. The van der Waals surface area contributed by atoms with Gasteiger partial charge < -0.3 is 4.74 Å². The summed E-state index contributed by atoms with van der Waals surface area (Å²) in [6.45, 7) is 1.77. The van der Waals surface area contributed by atoms with Crippen LogP contribution in [0, 0.1) is 5.82 Å². The number of halogens is 1. The molecule has 2 rings (SSSR count). The molecular formula is C15H24FN3O3S. The molecule has 1 aliphatic rings. The van der Waals surface area contributed by atoms with Gasteiger partial charge in [0.2, 0.25) is 15.9 Å². The molecule has 0 aromatic carbocycles. The summed E-state index contributed by atoms with van der Waals surface area (Å²) < 4.78 is 44.0. The molecule has 0 bridgehead atoms. The molecule has 130 valence electrons. The van der Waals surface area contributed by atoms with Gasteiger partial charge in [0.1, 0.15) is 0 Å². The number of nitrogens with zero attached hydrogens (tertiary/aromatic N) is 2. The maximum atomic E-state index is 14.3. The lowest BCUT2D eigenvalue weighted by Gasteiger charge is -2.36. The van der Waals surface area contributed by atoms with Crippen molar-refractivity contribution in [2.24, 2.45) is 0 Å². The van der Waals surface area contributed by atoms with E-state index < -0.39 is 15.8 Å². The molecule has 1 aromatic heterocycles. The van der Waals surface area contributed by atoms with Gasteiger partial charge in [-0.1, -0.05) is 6.42 Å². The van der Waals surface area contributed by atoms with Crippen LogP contribution in [-0.2, 0) is 16.6 Å². The molecule has 1 unspecified atom stereocenters. The van der Waals surface area contributed by atoms with E-state index in [1.807, 2.05) is 0 Å². The number of methoxy groups -OCH3 is 1. The van der Waals surface area contributed by atoms with Crippen molar-refractivity contribution < 1.29 is 17.5 Å². The van der Waals surface area contributed by atoms with Crippen LogP contribution in [0.1, 0.15) is 31.2 Å². The lowest BCUT2D eigenvalue weighted by atomic mass is 9.98. The summed E-state index contributed by atoms with van der Waals surface area (Å²) in [6, 6.07) is 1.91. The molecular weight excluding hydrogens is 321 g/mol. The van der Waals surface area contributed by atoms with Gasteiger partial charge >= 0.3 is 0 Å². The van der Waals surface area contributed by atoms with Crippen LogP contribution in [0.15, 0.2) is 12.3 Å². The van der Waals surface area contributed by atoms with Crippen LogP contribution >= 0.6 is 0 Å². The number of likely N-dealkylation sites (tertiary alicyclic amines) is 1. The topological polar surface area (TPSA) is 71.5 Å². The Labute approximate surface area is 137 Å². The Balaban J connectivity index is 2.01. The summed E-state index contributed by atoms with van der Waals surface area (Å²) in [4.78, 5) is 6.07. The number of rotatable bonds is 7. The highest BCUT2D eigenvalue weighted by Crippen LogP contribution is 2.24. The average molecular weight is 345 g/mol. The molecule has 0 aliphatic carbocycles. The molecule has 1 fully saturated rings. The van der Waals surface area contributed by atoms with Gasteiger partial charge in [-0.3, -0.25) is 4.90 Å². The Hall–Kier alpha value is -1.25. The first kappa shape index (κ1) is 18.1. The third-order valence-electron chi connectivity index (χ3n) is 4.09. The highest BCUT2D eigenvalue weighted by atomic mass is 32.2. The fraction of sp³-hybridized carbons (Fsp3) is 0.667. The Morgan fingerprint density at radius 3 is 2.96 bits per heavy atom. The molecule has 23 heavy (non-hydrogen) atoms. The van der Waals surface area contributed by atoms with Crippen molar-refractivity contribution in [3.05, 3.63) is 23.6 Å². The fourth-order valence-corrected chi connectivity index (χ4v) is 3.44. The van der Waals surface area contributed by atoms with E-state index in [1.54, 1.807) is 12.3 Å². The zero-order valence-electron chi connectivity index (χ0n) is 13.6. The maximum Gasteiger partial charge on any atom is 0.250 e. The number of nitrogens with one attached hydrogen (secondary N) is 1.